The van der Waals surface area contributed by atoms with Crippen LogP contribution in [0.25, 0.3) is 33.4 Å². The van der Waals surface area contributed by atoms with Gasteiger partial charge < -0.3 is 29.2 Å². The molecule has 1 aliphatic heterocycles. The molecule has 3 unspecified atom stereocenters. The normalized spacial score (nSPS) is 16.2. The standard InChI is InChI=1S/C42H53F3N6O7/c1-25(56-7)35-28(13-10-18-46-35)36-30(22-41(5,6)24-52)29-20-26(16-17-34(29)50(36)23-42(43,44)45)31-14-9-12-27(47-31)21-33(48-39(55)58-40(2,3)4)37(53)51-19-11-15-32(49-51)38(54)57-8/h9-10,12-14,16-18,20,25,32-33,49,52H,11,15,19,21-24H2,1-8H3,(H,48,55). The van der Waals surface area contributed by atoms with E-state index in [-0.39, 0.29) is 26.0 Å². The molecule has 1 aliphatic rings. The highest BCUT2D eigenvalue weighted by molar-refractivity contribution is 5.95. The van der Waals surface area contributed by atoms with Gasteiger partial charge in [-0.1, -0.05) is 26.0 Å². The number of fused-ring (bicyclic) bond motifs is 1. The Kier molecular flexibility index (Phi) is 13.5. The number of benzene rings is 1. The molecule has 0 spiro atoms. The van der Waals surface area contributed by atoms with E-state index >= 15 is 0 Å². The first kappa shape index (κ1) is 44.1. The highest BCUT2D eigenvalue weighted by Crippen LogP contribution is 2.42. The fourth-order valence-electron chi connectivity index (χ4n) is 7.06. The minimum Gasteiger partial charge on any atom is -0.468 e. The minimum atomic E-state index is -4.57. The lowest BCUT2D eigenvalue weighted by atomic mass is 9.84. The van der Waals surface area contributed by atoms with Gasteiger partial charge in [-0.05, 0) is 94.3 Å². The van der Waals surface area contributed by atoms with Crippen LogP contribution in [-0.4, -0.2) is 93.9 Å². The van der Waals surface area contributed by atoms with Crippen LogP contribution in [0.15, 0.2) is 54.7 Å². The first-order chi connectivity index (χ1) is 27.2. The zero-order chi connectivity index (χ0) is 42.6. The van der Waals surface area contributed by atoms with Crippen LogP contribution >= 0.6 is 0 Å². The van der Waals surface area contributed by atoms with Crippen LogP contribution in [0.3, 0.4) is 0 Å². The zero-order valence-electron chi connectivity index (χ0n) is 34.2. The van der Waals surface area contributed by atoms with Gasteiger partial charge in [0.1, 0.15) is 24.2 Å². The van der Waals surface area contributed by atoms with Crippen molar-refractivity contribution in [3.8, 4) is 22.5 Å². The zero-order valence-corrected chi connectivity index (χ0v) is 34.2. The number of rotatable bonds is 13. The van der Waals surface area contributed by atoms with Gasteiger partial charge in [0.2, 0.25) is 0 Å². The van der Waals surface area contributed by atoms with Crippen molar-refractivity contribution in [2.45, 2.75) is 104 Å². The molecule has 1 fully saturated rings. The highest BCUT2D eigenvalue weighted by atomic mass is 19.4. The fraction of sp³-hybridized carbons (Fsp3) is 0.500. The van der Waals surface area contributed by atoms with E-state index in [0.717, 1.165) is 0 Å². The summed E-state index contributed by atoms with van der Waals surface area (Å²) in [5.74, 6) is -1.03. The smallest absolute Gasteiger partial charge is 0.408 e. The van der Waals surface area contributed by atoms with Crippen molar-refractivity contribution in [1.82, 2.24) is 30.3 Å². The van der Waals surface area contributed by atoms with Crippen molar-refractivity contribution in [2.75, 3.05) is 27.4 Å². The Hall–Kier alpha value is -5.06. The number of alkyl carbamates (subject to hydrolysis) is 1. The molecule has 13 nitrogen and oxygen atoms in total. The van der Waals surface area contributed by atoms with Crippen molar-refractivity contribution < 1.29 is 46.9 Å². The summed E-state index contributed by atoms with van der Waals surface area (Å²) in [7, 11) is 2.77. The van der Waals surface area contributed by atoms with Crippen LogP contribution < -0.4 is 10.7 Å². The highest BCUT2D eigenvalue weighted by Gasteiger charge is 2.36. The molecule has 16 heteroatoms. The van der Waals surface area contributed by atoms with Gasteiger partial charge in [-0.3, -0.25) is 24.6 Å². The number of aliphatic hydroxyl groups excluding tert-OH is 1. The van der Waals surface area contributed by atoms with Gasteiger partial charge in [0.05, 0.1) is 30.3 Å². The lowest BCUT2D eigenvalue weighted by Gasteiger charge is -2.35. The number of carbonyl (C=O) groups is 3. The second-order valence-electron chi connectivity index (χ2n) is 16.3. The van der Waals surface area contributed by atoms with Crippen molar-refractivity contribution in [3.63, 3.8) is 0 Å². The Morgan fingerprint density at radius 3 is 2.45 bits per heavy atom. The Balaban J connectivity index is 1.61. The Labute approximate surface area is 336 Å². The van der Waals surface area contributed by atoms with E-state index in [1.165, 1.54) is 23.8 Å². The predicted molar refractivity (Wildman–Crippen MR) is 211 cm³/mol. The summed E-state index contributed by atoms with van der Waals surface area (Å²) in [6.07, 6.45) is -3.19. The van der Waals surface area contributed by atoms with Crippen LogP contribution in [0.1, 0.15) is 77.4 Å². The van der Waals surface area contributed by atoms with E-state index in [1.807, 2.05) is 13.8 Å². The van der Waals surface area contributed by atoms with Crippen molar-refractivity contribution >= 4 is 28.9 Å². The van der Waals surface area contributed by atoms with E-state index in [4.69, 9.17) is 19.2 Å². The van der Waals surface area contributed by atoms with E-state index in [1.54, 1.807) is 82.4 Å². The number of hydrogen-bond donors (Lipinski definition) is 3. The number of nitrogens with one attached hydrogen (secondary N) is 2. The van der Waals surface area contributed by atoms with Crippen molar-refractivity contribution in [3.05, 3.63) is 71.7 Å². The summed E-state index contributed by atoms with van der Waals surface area (Å²) in [5.41, 5.74) is 5.06. The molecular weight excluding hydrogens is 757 g/mol. The topological polar surface area (TPSA) is 157 Å². The number of esters is 1. The maximum Gasteiger partial charge on any atom is 0.408 e. The van der Waals surface area contributed by atoms with Gasteiger partial charge >= 0.3 is 18.2 Å². The molecule has 0 aliphatic carbocycles. The first-order valence-corrected chi connectivity index (χ1v) is 19.2. The second kappa shape index (κ2) is 17.8. The summed E-state index contributed by atoms with van der Waals surface area (Å²) in [5, 5.41) is 14.9. The number of amides is 2. The van der Waals surface area contributed by atoms with E-state index in [2.05, 4.69) is 15.7 Å². The van der Waals surface area contributed by atoms with Gasteiger partial charge in [-0.15, -0.1) is 0 Å². The third kappa shape index (κ3) is 10.7. The number of pyridine rings is 2. The molecule has 3 N–H and O–H groups in total. The van der Waals surface area contributed by atoms with Gasteiger partial charge in [0.15, 0.2) is 0 Å². The maximum atomic E-state index is 14.4. The number of hydrazine groups is 1. The summed E-state index contributed by atoms with van der Waals surface area (Å²) in [4.78, 5) is 48.7. The molecule has 0 radical (unpaired) electrons. The van der Waals surface area contributed by atoms with Gasteiger partial charge in [0, 0.05) is 60.6 Å². The third-order valence-electron chi connectivity index (χ3n) is 9.86. The monoisotopic (exact) mass is 810 g/mol. The number of ether oxygens (including phenoxy) is 3. The molecule has 4 aromatic rings. The average Bonchev–Trinajstić information content (AvgIpc) is 3.45. The quantitative estimate of drug-likeness (QED) is 0.124. The number of carbonyl (C=O) groups excluding carboxylic acids is 3. The molecule has 0 bridgehead atoms. The molecule has 314 valence electrons. The Morgan fingerprint density at radius 1 is 1.05 bits per heavy atom. The van der Waals surface area contributed by atoms with Crippen LogP contribution in [0, 0.1) is 5.41 Å². The number of methoxy groups -OCH3 is 2. The lowest BCUT2D eigenvalue weighted by Crippen LogP contribution is -2.60. The van der Waals surface area contributed by atoms with E-state index in [9.17, 15) is 32.7 Å². The van der Waals surface area contributed by atoms with Crippen LogP contribution in [-0.2, 0) is 43.2 Å². The molecule has 0 saturated carbocycles. The molecule has 2 amide bonds. The lowest BCUT2D eigenvalue weighted by molar-refractivity contribution is -0.150. The SMILES string of the molecule is COC(=O)C1CCCN(C(=O)C(Cc2cccc(-c3ccc4c(c3)c(CC(C)(C)CO)c(-c3cccnc3C(C)OC)n4CC(F)(F)F)n2)NC(=O)OC(C)(C)C)N1. The Bertz CT molecular complexity index is 2110. The number of nitrogens with zero attached hydrogens (tertiary/aromatic N) is 4. The molecule has 3 atom stereocenters. The molecule has 58 heavy (non-hydrogen) atoms. The molecule has 4 heterocycles. The molecule has 3 aromatic heterocycles. The Morgan fingerprint density at radius 2 is 1.79 bits per heavy atom. The first-order valence-electron chi connectivity index (χ1n) is 19.2. The molecule has 1 aromatic carbocycles. The molecular formula is C42H53F3N6O7. The number of hydrogen-bond acceptors (Lipinski definition) is 10. The largest absolute Gasteiger partial charge is 0.468 e. The minimum absolute atomic E-state index is 0.0568. The summed E-state index contributed by atoms with van der Waals surface area (Å²) >= 11 is 0. The third-order valence-corrected chi connectivity index (χ3v) is 9.86. The van der Waals surface area contributed by atoms with Crippen LogP contribution in [0.5, 0.6) is 0 Å². The number of alkyl halides is 3. The van der Waals surface area contributed by atoms with Crippen molar-refractivity contribution in [1.29, 1.82) is 0 Å². The summed E-state index contributed by atoms with van der Waals surface area (Å²) < 4.78 is 60.4. The van der Waals surface area contributed by atoms with Crippen molar-refractivity contribution in [2.24, 2.45) is 5.41 Å². The number of aromatic nitrogens is 3. The second-order valence-corrected chi connectivity index (χ2v) is 16.3. The summed E-state index contributed by atoms with van der Waals surface area (Å²) in [6, 6.07) is 11.8. The van der Waals surface area contributed by atoms with Crippen LogP contribution in [0.2, 0.25) is 0 Å². The number of aliphatic hydroxyl groups is 1. The summed E-state index contributed by atoms with van der Waals surface area (Å²) in [6.45, 7) is 9.36. The fourth-order valence-corrected chi connectivity index (χ4v) is 7.06. The number of halogens is 3. The van der Waals surface area contributed by atoms with E-state index in [0.29, 0.717) is 63.2 Å². The predicted octanol–water partition coefficient (Wildman–Crippen LogP) is 6.70. The average molecular weight is 811 g/mol. The van der Waals surface area contributed by atoms with Crippen LogP contribution in [0.4, 0.5) is 18.0 Å². The van der Waals surface area contributed by atoms with E-state index < -0.39 is 59.9 Å². The molecule has 5 rings (SSSR count). The molecule has 1 saturated heterocycles. The van der Waals surface area contributed by atoms with Gasteiger partial charge in [-0.2, -0.15) is 13.2 Å². The van der Waals surface area contributed by atoms with Gasteiger partial charge in [0.25, 0.3) is 5.91 Å². The van der Waals surface area contributed by atoms with Gasteiger partial charge in [-0.25, -0.2) is 10.2 Å². The maximum absolute atomic E-state index is 14.4.